The minimum atomic E-state index is -0.697. The molecular formula is C17H15NO2. The third-order valence-electron chi connectivity index (χ3n) is 3.42. The lowest BCUT2D eigenvalue weighted by molar-refractivity contribution is 0.0936. The normalized spacial score (nSPS) is 12.5. The summed E-state index contributed by atoms with van der Waals surface area (Å²) >= 11 is 0. The Balaban J connectivity index is 1.99. The van der Waals surface area contributed by atoms with E-state index < -0.39 is 6.04 Å². The van der Waals surface area contributed by atoms with Gasteiger partial charge < -0.3 is 10.2 Å². The number of carbonyl (C=O) groups is 1. The van der Waals surface area contributed by atoms with E-state index in [0.29, 0.717) is 5.76 Å². The molecule has 20 heavy (non-hydrogen) atoms. The van der Waals surface area contributed by atoms with Crippen molar-refractivity contribution >= 4 is 16.8 Å². The molecule has 0 aliphatic heterocycles. The molecule has 3 nitrogen and oxygen atoms in total. The highest BCUT2D eigenvalue weighted by Crippen LogP contribution is 2.25. The highest BCUT2D eigenvalue weighted by molar-refractivity contribution is 6.01. The lowest BCUT2D eigenvalue weighted by atomic mass is 10.0. The van der Waals surface area contributed by atoms with Gasteiger partial charge in [-0.15, -0.1) is 0 Å². The smallest absolute Gasteiger partial charge is 0.219 e. The Hall–Kier alpha value is -2.39. The Bertz CT molecular complexity index is 759. The zero-order chi connectivity index (χ0) is 14.1. The van der Waals surface area contributed by atoms with Gasteiger partial charge >= 0.3 is 0 Å². The van der Waals surface area contributed by atoms with E-state index in [-0.39, 0.29) is 5.78 Å². The first kappa shape index (κ1) is 12.6. The predicted octanol–water partition coefficient (Wildman–Crippen LogP) is 3.62. The van der Waals surface area contributed by atoms with Crippen LogP contribution in [0.4, 0.5) is 0 Å². The second-order valence-electron chi connectivity index (χ2n) is 4.86. The van der Waals surface area contributed by atoms with Crippen LogP contribution in [0.1, 0.15) is 27.7 Å². The van der Waals surface area contributed by atoms with Gasteiger partial charge in [0.2, 0.25) is 5.78 Å². The first-order valence-corrected chi connectivity index (χ1v) is 6.51. The highest BCUT2D eigenvalue weighted by atomic mass is 16.3. The number of hydrogen-bond donors (Lipinski definition) is 1. The topological polar surface area (TPSA) is 56.2 Å². The van der Waals surface area contributed by atoms with E-state index in [1.807, 2.05) is 55.5 Å². The number of hydrogen-bond acceptors (Lipinski definition) is 3. The Morgan fingerprint density at radius 3 is 2.55 bits per heavy atom. The van der Waals surface area contributed by atoms with E-state index in [0.717, 1.165) is 22.1 Å². The number of carbonyl (C=O) groups excluding carboxylic acids is 1. The van der Waals surface area contributed by atoms with E-state index in [1.165, 1.54) is 0 Å². The van der Waals surface area contributed by atoms with Crippen LogP contribution in [-0.2, 0) is 0 Å². The van der Waals surface area contributed by atoms with Gasteiger partial charge in [0.15, 0.2) is 5.76 Å². The summed E-state index contributed by atoms with van der Waals surface area (Å²) < 4.78 is 5.67. The minimum absolute atomic E-state index is 0.202. The van der Waals surface area contributed by atoms with E-state index in [4.69, 9.17) is 10.2 Å². The summed E-state index contributed by atoms with van der Waals surface area (Å²) in [7, 11) is 0. The Kier molecular flexibility index (Phi) is 3.12. The molecule has 3 aromatic rings. The Morgan fingerprint density at radius 2 is 1.85 bits per heavy atom. The second kappa shape index (κ2) is 4.94. The molecule has 0 saturated carbocycles. The maximum absolute atomic E-state index is 12.4. The third kappa shape index (κ3) is 2.12. The number of rotatable bonds is 3. The van der Waals surface area contributed by atoms with Gasteiger partial charge in [0.25, 0.3) is 0 Å². The summed E-state index contributed by atoms with van der Waals surface area (Å²) in [5.41, 5.74) is 8.56. The molecule has 1 aromatic heterocycles. The molecular weight excluding hydrogens is 250 g/mol. The van der Waals surface area contributed by atoms with Crippen LogP contribution in [0.25, 0.3) is 11.0 Å². The Labute approximate surface area is 117 Å². The summed E-state index contributed by atoms with van der Waals surface area (Å²) in [6.07, 6.45) is 0. The van der Waals surface area contributed by atoms with Gasteiger partial charge in [-0.2, -0.15) is 0 Å². The van der Waals surface area contributed by atoms with Crippen molar-refractivity contribution in [1.82, 2.24) is 0 Å². The maximum atomic E-state index is 12.4. The van der Waals surface area contributed by atoms with Gasteiger partial charge in [-0.3, -0.25) is 4.79 Å². The molecule has 2 aromatic carbocycles. The van der Waals surface area contributed by atoms with Gasteiger partial charge in [0.1, 0.15) is 5.58 Å². The molecule has 0 saturated heterocycles. The molecule has 3 rings (SSSR count). The average Bonchev–Trinajstić information content (AvgIpc) is 2.92. The highest BCUT2D eigenvalue weighted by Gasteiger charge is 2.21. The zero-order valence-corrected chi connectivity index (χ0v) is 11.2. The molecule has 0 fully saturated rings. The van der Waals surface area contributed by atoms with Gasteiger partial charge in [-0.1, -0.05) is 48.5 Å². The number of ketones is 1. The second-order valence-corrected chi connectivity index (χ2v) is 4.86. The van der Waals surface area contributed by atoms with Gasteiger partial charge in [0.05, 0.1) is 6.04 Å². The molecule has 2 N–H and O–H groups in total. The monoisotopic (exact) mass is 265 g/mol. The summed E-state index contributed by atoms with van der Waals surface area (Å²) in [4.78, 5) is 12.4. The van der Waals surface area contributed by atoms with Crippen molar-refractivity contribution in [2.24, 2.45) is 5.73 Å². The molecule has 1 atom stereocenters. The minimum Gasteiger partial charge on any atom is -0.453 e. The summed E-state index contributed by atoms with van der Waals surface area (Å²) in [5.74, 6) is 0.109. The van der Waals surface area contributed by atoms with E-state index >= 15 is 0 Å². The van der Waals surface area contributed by atoms with Gasteiger partial charge in [0, 0.05) is 5.39 Å². The van der Waals surface area contributed by atoms with Crippen LogP contribution >= 0.6 is 0 Å². The lowest BCUT2D eigenvalue weighted by Gasteiger charge is -2.08. The van der Waals surface area contributed by atoms with E-state index in [1.54, 1.807) is 6.07 Å². The van der Waals surface area contributed by atoms with Crippen LogP contribution in [0.2, 0.25) is 0 Å². The molecule has 0 aliphatic rings. The first-order chi connectivity index (χ1) is 9.66. The lowest BCUT2D eigenvalue weighted by Crippen LogP contribution is -2.20. The number of para-hydroxylation sites is 1. The van der Waals surface area contributed by atoms with Crippen LogP contribution in [0.15, 0.2) is 59.0 Å². The number of Topliss-reactive ketones (excluding diaryl/α,β-unsaturated/α-hetero) is 1. The van der Waals surface area contributed by atoms with Crippen molar-refractivity contribution in [3.8, 4) is 0 Å². The quantitative estimate of drug-likeness (QED) is 0.736. The first-order valence-electron chi connectivity index (χ1n) is 6.51. The third-order valence-corrected chi connectivity index (χ3v) is 3.42. The number of nitrogens with two attached hydrogens (primary N) is 1. The average molecular weight is 265 g/mol. The molecule has 0 radical (unpaired) electrons. The fraction of sp³-hybridized carbons (Fsp3) is 0.118. The Morgan fingerprint density at radius 1 is 1.10 bits per heavy atom. The van der Waals surface area contributed by atoms with Crippen molar-refractivity contribution in [3.05, 3.63) is 71.5 Å². The van der Waals surface area contributed by atoms with Crippen LogP contribution in [0.5, 0.6) is 0 Å². The predicted molar refractivity (Wildman–Crippen MR) is 78.7 cm³/mol. The van der Waals surface area contributed by atoms with Crippen molar-refractivity contribution in [2.45, 2.75) is 13.0 Å². The molecule has 0 amide bonds. The molecule has 0 spiro atoms. The maximum Gasteiger partial charge on any atom is 0.219 e. The summed E-state index contributed by atoms with van der Waals surface area (Å²) in [5, 5.41) is 0.925. The van der Waals surface area contributed by atoms with Crippen molar-refractivity contribution in [1.29, 1.82) is 0 Å². The summed E-state index contributed by atoms with van der Waals surface area (Å²) in [6.45, 7) is 1.96. The van der Waals surface area contributed by atoms with Crippen molar-refractivity contribution in [2.75, 3.05) is 0 Å². The van der Waals surface area contributed by atoms with Crippen molar-refractivity contribution < 1.29 is 9.21 Å². The fourth-order valence-electron chi connectivity index (χ4n) is 2.30. The molecule has 1 heterocycles. The number of fused-ring (bicyclic) bond motifs is 1. The van der Waals surface area contributed by atoms with E-state index in [2.05, 4.69) is 0 Å². The molecule has 0 bridgehead atoms. The summed E-state index contributed by atoms with van der Waals surface area (Å²) in [6, 6.07) is 16.2. The van der Waals surface area contributed by atoms with E-state index in [9.17, 15) is 4.79 Å². The van der Waals surface area contributed by atoms with Crippen LogP contribution < -0.4 is 5.73 Å². The SMILES string of the molecule is Cc1cccc2cc(C(=O)[C@H](N)c3ccccc3)oc12. The van der Waals surface area contributed by atoms with Crippen molar-refractivity contribution in [3.63, 3.8) is 0 Å². The van der Waals surface area contributed by atoms with Crippen LogP contribution in [0, 0.1) is 6.92 Å². The molecule has 0 unspecified atom stereocenters. The largest absolute Gasteiger partial charge is 0.453 e. The fourth-order valence-corrected chi connectivity index (χ4v) is 2.30. The number of aryl methyl sites for hydroxylation is 1. The molecule has 3 heteroatoms. The van der Waals surface area contributed by atoms with Crippen LogP contribution in [0.3, 0.4) is 0 Å². The zero-order valence-electron chi connectivity index (χ0n) is 11.2. The number of furan rings is 1. The van der Waals surface area contributed by atoms with Crippen LogP contribution in [-0.4, -0.2) is 5.78 Å². The molecule has 0 aliphatic carbocycles. The van der Waals surface area contributed by atoms with Gasteiger partial charge in [-0.25, -0.2) is 0 Å². The molecule has 100 valence electrons. The van der Waals surface area contributed by atoms with Gasteiger partial charge in [-0.05, 0) is 24.1 Å². The number of benzene rings is 2. The standard InChI is InChI=1S/C17H15NO2/c1-11-6-5-9-13-10-14(20-17(11)13)16(19)15(18)12-7-3-2-4-8-12/h2-10,15H,18H2,1H3/t15-/m1/s1.